The molecule has 1 aromatic heterocycles. The Morgan fingerprint density at radius 1 is 1.62 bits per heavy atom. The van der Waals surface area contributed by atoms with E-state index in [0.29, 0.717) is 13.1 Å². The van der Waals surface area contributed by atoms with Gasteiger partial charge in [0.05, 0.1) is 24.6 Å². The van der Waals surface area contributed by atoms with Gasteiger partial charge in [-0.2, -0.15) is 0 Å². The van der Waals surface area contributed by atoms with Gasteiger partial charge < -0.3 is 10.3 Å². The minimum atomic E-state index is 0.134. The fraction of sp³-hybridized carbons (Fsp3) is 0.583. The quantitative estimate of drug-likeness (QED) is 0.701. The minimum Gasteiger partial charge on any atom is -0.333 e. The van der Waals surface area contributed by atoms with Crippen molar-refractivity contribution >= 4 is 0 Å². The van der Waals surface area contributed by atoms with E-state index in [1.54, 1.807) is 0 Å². The van der Waals surface area contributed by atoms with Gasteiger partial charge in [-0.15, -0.1) is 5.92 Å². The predicted molar refractivity (Wildman–Crippen MR) is 65.8 cm³/mol. The van der Waals surface area contributed by atoms with Crippen molar-refractivity contribution in [1.29, 1.82) is 0 Å². The van der Waals surface area contributed by atoms with Crippen molar-refractivity contribution in [3.8, 4) is 11.8 Å². The Morgan fingerprint density at radius 2 is 2.44 bits per heavy atom. The van der Waals surface area contributed by atoms with Gasteiger partial charge in [-0.25, -0.2) is 4.98 Å². The maximum absolute atomic E-state index is 5.76. The van der Waals surface area contributed by atoms with Crippen molar-refractivity contribution in [1.82, 2.24) is 14.9 Å². The number of aryl methyl sites for hydroxylation is 1. The van der Waals surface area contributed by atoms with E-state index in [9.17, 15) is 0 Å². The third-order valence-electron chi connectivity index (χ3n) is 2.42. The second-order valence-electron chi connectivity index (χ2n) is 3.61. The van der Waals surface area contributed by atoms with Gasteiger partial charge in [0.2, 0.25) is 0 Å². The third kappa shape index (κ3) is 3.37. The highest BCUT2D eigenvalue weighted by molar-refractivity contribution is 5.08. The first-order valence-electron chi connectivity index (χ1n) is 5.66. The van der Waals surface area contributed by atoms with Crippen LogP contribution < -0.4 is 11.1 Å². The fourth-order valence-electron chi connectivity index (χ4n) is 1.62. The molecule has 1 rings (SSSR count). The van der Waals surface area contributed by atoms with Gasteiger partial charge in [-0.1, -0.05) is 12.8 Å². The van der Waals surface area contributed by atoms with Gasteiger partial charge in [0.25, 0.3) is 0 Å². The first-order chi connectivity index (χ1) is 7.83. The lowest BCUT2D eigenvalue weighted by molar-refractivity contribution is 0.523. The van der Waals surface area contributed by atoms with Gasteiger partial charge in [-0.05, 0) is 13.3 Å². The second kappa shape index (κ2) is 7.04. The summed E-state index contributed by atoms with van der Waals surface area (Å²) in [5, 5.41) is 3.31. The largest absolute Gasteiger partial charge is 0.333 e. The number of nitrogens with one attached hydrogen (secondary N) is 1. The lowest BCUT2D eigenvalue weighted by Crippen LogP contribution is -2.30. The van der Waals surface area contributed by atoms with E-state index < -0.39 is 0 Å². The molecule has 0 fully saturated rings. The molecule has 0 radical (unpaired) electrons. The van der Waals surface area contributed by atoms with Crippen LogP contribution in [0, 0.1) is 11.8 Å². The maximum Gasteiger partial charge on any atom is 0.0948 e. The zero-order chi connectivity index (χ0) is 11.8. The van der Waals surface area contributed by atoms with Crippen molar-refractivity contribution in [3.63, 3.8) is 0 Å². The summed E-state index contributed by atoms with van der Waals surface area (Å²) in [6.07, 6.45) is 4.82. The van der Waals surface area contributed by atoms with Crippen LogP contribution in [0.1, 0.15) is 32.0 Å². The molecule has 0 amide bonds. The molecule has 0 aromatic carbocycles. The first kappa shape index (κ1) is 12.8. The number of aromatic nitrogens is 2. The lowest BCUT2D eigenvalue weighted by Gasteiger charge is -2.17. The molecule has 4 nitrogen and oxygen atoms in total. The number of nitrogens with zero attached hydrogens (tertiary/aromatic N) is 2. The Labute approximate surface area is 97.2 Å². The highest BCUT2D eigenvalue weighted by Gasteiger charge is 2.12. The van der Waals surface area contributed by atoms with E-state index in [2.05, 4.69) is 33.6 Å². The summed E-state index contributed by atoms with van der Waals surface area (Å²) in [6, 6.07) is 0.134. The molecule has 0 saturated carbocycles. The number of imidazole rings is 1. The van der Waals surface area contributed by atoms with Crippen LogP contribution in [-0.4, -0.2) is 22.6 Å². The van der Waals surface area contributed by atoms with Gasteiger partial charge in [-0.3, -0.25) is 5.32 Å². The van der Waals surface area contributed by atoms with Gasteiger partial charge >= 0.3 is 0 Å². The van der Waals surface area contributed by atoms with E-state index in [1.807, 2.05) is 19.4 Å². The van der Waals surface area contributed by atoms with E-state index >= 15 is 0 Å². The predicted octanol–water partition coefficient (Wildman–Crippen LogP) is 0.906. The van der Waals surface area contributed by atoms with Gasteiger partial charge in [0, 0.05) is 19.3 Å². The average molecular weight is 220 g/mol. The Hall–Kier alpha value is -1.31. The summed E-state index contributed by atoms with van der Waals surface area (Å²) >= 11 is 0. The maximum atomic E-state index is 5.76. The minimum absolute atomic E-state index is 0.134. The van der Waals surface area contributed by atoms with Crippen molar-refractivity contribution in [2.45, 2.75) is 32.9 Å². The summed E-state index contributed by atoms with van der Waals surface area (Å²) in [7, 11) is 0. The molecule has 4 heteroatoms. The third-order valence-corrected chi connectivity index (χ3v) is 2.42. The summed E-state index contributed by atoms with van der Waals surface area (Å²) in [5.74, 6) is 5.84. The number of nitrogens with two attached hydrogens (primary N) is 1. The van der Waals surface area contributed by atoms with Crippen LogP contribution in [0.3, 0.4) is 0 Å². The second-order valence-corrected chi connectivity index (χ2v) is 3.61. The summed E-state index contributed by atoms with van der Waals surface area (Å²) < 4.78 is 2.14. The molecule has 88 valence electrons. The Morgan fingerprint density at radius 3 is 3.06 bits per heavy atom. The van der Waals surface area contributed by atoms with E-state index in [4.69, 9.17) is 5.73 Å². The monoisotopic (exact) mass is 220 g/mol. The topological polar surface area (TPSA) is 55.9 Å². The zero-order valence-electron chi connectivity index (χ0n) is 10.0. The van der Waals surface area contributed by atoms with Crippen molar-refractivity contribution in [2.24, 2.45) is 5.73 Å². The van der Waals surface area contributed by atoms with Crippen LogP contribution in [0.4, 0.5) is 0 Å². The Balaban J connectivity index is 2.68. The molecule has 3 N–H and O–H groups in total. The van der Waals surface area contributed by atoms with Crippen LogP contribution in [0.2, 0.25) is 0 Å². The normalized spacial score (nSPS) is 11.9. The molecule has 0 aliphatic carbocycles. The molecule has 0 aliphatic heterocycles. The molecule has 1 unspecified atom stereocenters. The van der Waals surface area contributed by atoms with Crippen molar-refractivity contribution in [2.75, 3.05) is 13.1 Å². The van der Waals surface area contributed by atoms with Crippen molar-refractivity contribution < 1.29 is 0 Å². The average Bonchev–Trinajstić information content (AvgIpc) is 2.73. The molecular weight excluding hydrogens is 200 g/mol. The first-order valence-corrected chi connectivity index (χ1v) is 5.66. The standard InChI is InChI=1S/C12H20N4/c1-3-5-6-15-11(8-13)12-9-14-10-16(12)7-4-2/h9-11,15H,4,6-8,13H2,1-2H3. The summed E-state index contributed by atoms with van der Waals surface area (Å²) in [4.78, 5) is 4.17. The summed E-state index contributed by atoms with van der Waals surface area (Å²) in [6.45, 7) is 6.18. The molecule has 1 heterocycles. The van der Waals surface area contributed by atoms with Gasteiger partial charge in [0.1, 0.15) is 0 Å². The molecule has 1 atom stereocenters. The Kier molecular flexibility index (Phi) is 5.62. The van der Waals surface area contributed by atoms with Crippen LogP contribution in [0.15, 0.2) is 12.5 Å². The molecule has 0 bridgehead atoms. The smallest absolute Gasteiger partial charge is 0.0948 e. The molecular formula is C12H20N4. The molecule has 16 heavy (non-hydrogen) atoms. The number of hydrogen-bond acceptors (Lipinski definition) is 3. The summed E-state index contributed by atoms with van der Waals surface area (Å²) in [5.41, 5.74) is 6.90. The molecule has 0 spiro atoms. The highest BCUT2D eigenvalue weighted by Crippen LogP contribution is 2.11. The van der Waals surface area contributed by atoms with Crippen LogP contribution in [0.25, 0.3) is 0 Å². The SMILES string of the molecule is CC#CCNC(CN)c1cncn1CCC. The molecule has 0 saturated heterocycles. The number of hydrogen-bond donors (Lipinski definition) is 2. The van der Waals surface area contributed by atoms with E-state index in [-0.39, 0.29) is 6.04 Å². The van der Waals surface area contributed by atoms with Crippen LogP contribution in [0.5, 0.6) is 0 Å². The van der Waals surface area contributed by atoms with E-state index in [1.165, 1.54) is 0 Å². The number of rotatable bonds is 6. The highest BCUT2D eigenvalue weighted by atomic mass is 15.1. The van der Waals surface area contributed by atoms with Crippen LogP contribution in [-0.2, 0) is 6.54 Å². The fourth-order valence-corrected chi connectivity index (χ4v) is 1.62. The molecule has 1 aromatic rings. The molecule has 0 aliphatic rings. The van der Waals surface area contributed by atoms with Crippen LogP contribution >= 0.6 is 0 Å². The van der Waals surface area contributed by atoms with Crippen molar-refractivity contribution in [3.05, 3.63) is 18.2 Å². The Bertz CT molecular complexity index is 359. The lowest BCUT2D eigenvalue weighted by atomic mass is 10.2. The van der Waals surface area contributed by atoms with Gasteiger partial charge in [0.15, 0.2) is 0 Å². The zero-order valence-corrected chi connectivity index (χ0v) is 10.0. The van der Waals surface area contributed by atoms with E-state index in [0.717, 1.165) is 18.7 Å².